The van der Waals surface area contributed by atoms with Gasteiger partial charge in [-0.1, -0.05) is 52.4 Å². The van der Waals surface area contributed by atoms with E-state index < -0.39 is 0 Å². The number of ether oxygens (including phenoxy) is 1. The Hall–Kier alpha value is -0.0400. The molecule has 0 aliphatic rings. The van der Waals surface area contributed by atoms with Crippen LogP contribution in [-0.4, -0.2) is 6.10 Å². The van der Waals surface area contributed by atoms with Crippen LogP contribution in [0.5, 0.6) is 0 Å². The summed E-state index contributed by atoms with van der Waals surface area (Å²) in [5.74, 6) is 0. The van der Waals surface area contributed by atoms with Crippen LogP contribution in [-0.2, 0) is 4.74 Å². The standard InChI is InChI=1S/C12H25O/c1-4-6-7-8-9-10-11-12(5-2)13-3/h12H,3-11H2,1-2H3. The number of rotatable bonds is 9. The number of unbranched alkanes of at least 4 members (excludes halogenated alkanes) is 5. The van der Waals surface area contributed by atoms with Gasteiger partial charge in [-0.25, -0.2) is 0 Å². The van der Waals surface area contributed by atoms with Gasteiger partial charge in [0.15, 0.2) is 0 Å². The first kappa shape index (κ1) is 13.0. The van der Waals surface area contributed by atoms with Gasteiger partial charge in [-0.2, -0.15) is 0 Å². The summed E-state index contributed by atoms with van der Waals surface area (Å²) in [6, 6.07) is 0. The van der Waals surface area contributed by atoms with Gasteiger partial charge in [-0.3, -0.25) is 0 Å². The van der Waals surface area contributed by atoms with Crippen LogP contribution in [0.15, 0.2) is 0 Å². The molecular formula is C12H25O. The molecule has 0 aromatic heterocycles. The molecular weight excluding hydrogens is 160 g/mol. The van der Waals surface area contributed by atoms with Crippen molar-refractivity contribution < 1.29 is 4.74 Å². The quantitative estimate of drug-likeness (QED) is 0.486. The summed E-state index contributed by atoms with van der Waals surface area (Å²) in [6.45, 7) is 4.41. The highest BCUT2D eigenvalue weighted by Crippen LogP contribution is 2.11. The van der Waals surface area contributed by atoms with E-state index in [2.05, 4.69) is 21.0 Å². The largest absolute Gasteiger partial charge is 0.376 e. The van der Waals surface area contributed by atoms with Crippen LogP contribution in [0.25, 0.3) is 0 Å². The van der Waals surface area contributed by atoms with E-state index in [0.29, 0.717) is 6.10 Å². The molecule has 1 radical (unpaired) electrons. The maximum absolute atomic E-state index is 5.08. The van der Waals surface area contributed by atoms with Crippen molar-refractivity contribution in [3.63, 3.8) is 0 Å². The van der Waals surface area contributed by atoms with Crippen LogP contribution >= 0.6 is 0 Å². The third-order valence-corrected chi connectivity index (χ3v) is 2.57. The van der Waals surface area contributed by atoms with Crippen molar-refractivity contribution in [3.05, 3.63) is 7.11 Å². The fourth-order valence-electron chi connectivity index (χ4n) is 1.56. The number of hydrogen-bond acceptors (Lipinski definition) is 1. The molecule has 13 heavy (non-hydrogen) atoms. The Morgan fingerprint density at radius 2 is 1.62 bits per heavy atom. The molecule has 0 aromatic carbocycles. The number of hydrogen-bond donors (Lipinski definition) is 0. The van der Waals surface area contributed by atoms with Gasteiger partial charge in [0.2, 0.25) is 0 Å². The molecule has 1 heteroatoms. The molecule has 0 N–H and O–H groups in total. The smallest absolute Gasteiger partial charge is 0.0704 e. The predicted molar refractivity (Wildman–Crippen MR) is 58.5 cm³/mol. The second kappa shape index (κ2) is 10.0. The fourth-order valence-corrected chi connectivity index (χ4v) is 1.56. The van der Waals surface area contributed by atoms with Crippen molar-refractivity contribution in [1.82, 2.24) is 0 Å². The van der Waals surface area contributed by atoms with E-state index in [0.717, 1.165) is 6.42 Å². The molecule has 79 valence electrons. The SMILES string of the molecule is [CH2]OC(CC)CCCCCCCC. The predicted octanol–water partition coefficient (Wildman–Crippen LogP) is 4.32. The summed E-state index contributed by atoms with van der Waals surface area (Å²) in [4.78, 5) is 0. The van der Waals surface area contributed by atoms with Gasteiger partial charge in [0, 0.05) is 0 Å². The molecule has 0 spiro atoms. The van der Waals surface area contributed by atoms with E-state index >= 15 is 0 Å². The molecule has 0 saturated carbocycles. The first-order valence-corrected chi connectivity index (χ1v) is 5.76. The molecule has 0 aliphatic carbocycles. The molecule has 0 bridgehead atoms. The zero-order chi connectivity index (χ0) is 9.94. The van der Waals surface area contributed by atoms with Crippen LogP contribution in [0.3, 0.4) is 0 Å². The topological polar surface area (TPSA) is 9.23 Å². The van der Waals surface area contributed by atoms with Crippen LogP contribution in [0.4, 0.5) is 0 Å². The van der Waals surface area contributed by atoms with Gasteiger partial charge in [-0.15, -0.1) is 0 Å². The van der Waals surface area contributed by atoms with Crippen molar-refractivity contribution >= 4 is 0 Å². The average molecular weight is 185 g/mol. The van der Waals surface area contributed by atoms with Crippen molar-refractivity contribution in [2.45, 2.75) is 71.3 Å². The van der Waals surface area contributed by atoms with Crippen molar-refractivity contribution in [3.8, 4) is 0 Å². The van der Waals surface area contributed by atoms with Gasteiger partial charge in [0.25, 0.3) is 0 Å². The third-order valence-electron chi connectivity index (χ3n) is 2.57. The lowest BCUT2D eigenvalue weighted by Crippen LogP contribution is -2.06. The summed E-state index contributed by atoms with van der Waals surface area (Å²) in [5.41, 5.74) is 0. The molecule has 0 saturated heterocycles. The highest BCUT2D eigenvalue weighted by atomic mass is 16.5. The van der Waals surface area contributed by atoms with Gasteiger partial charge in [-0.05, 0) is 12.8 Å². The summed E-state index contributed by atoms with van der Waals surface area (Å²) in [5, 5.41) is 0. The first-order valence-electron chi connectivity index (χ1n) is 5.76. The summed E-state index contributed by atoms with van der Waals surface area (Å²) in [7, 11) is 3.49. The van der Waals surface area contributed by atoms with Gasteiger partial charge >= 0.3 is 0 Å². The molecule has 0 fully saturated rings. The second-order valence-corrected chi connectivity index (χ2v) is 3.75. The minimum absolute atomic E-state index is 0.395. The van der Waals surface area contributed by atoms with E-state index in [1.807, 2.05) is 0 Å². The third kappa shape index (κ3) is 8.29. The molecule has 0 amide bonds. The highest BCUT2D eigenvalue weighted by molar-refractivity contribution is 4.55. The van der Waals surface area contributed by atoms with Crippen molar-refractivity contribution in [1.29, 1.82) is 0 Å². The molecule has 1 atom stereocenters. The lowest BCUT2D eigenvalue weighted by molar-refractivity contribution is 0.122. The van der Waals surface area contributed by atoms with E-state index in [1.165, 1.54) is 44.9 Å². The Bertz CT molecular complexity index is 87.1. The van der Waals surface area contributed by atoms with E-state index in [-0.39, 0.29) is 0 Å². The molecule has 0 aromatic rings. The Kier molecular flexibility index (Phi) is 10.0. The maximum atomic E-state index is 5.08. The highest BCUT2D eigenvalue weighted by Gasteiger charge is 2.02. The second-order valence-electron chi connectivity index (χ2n) is 3.75. The Morgan fingerprint density at radius 3 is 2.15 bits per heavy atom. The van der Waals surface area contributed by atoms with Crippen LogP contribution in [0.2, 0.25) is 0 Å². The molecule has 0 heterocycles. The molecule has 0 aliphatic heterocycles. The minimum atomic E-state index is 0.395. The Balaban J connectivity index is 3.05. The molecule has 0 rings (SSSR count). The molecule has 1 unspecified atom stereocenters. The summed E-state index contributed by atoms with van der Waals surface area (Å²) < 4.78 is 5.08. The van der Waals surface area contributed by atoms with E-state index in [1.54, 1.807) is 0 Å². The van der Waals surface area contributed by atoms with Crippen LogP contribution in [0, 0.1) is 7.11 Å². The molecule has 1 nitrogen and oxygen atoms in total. The van der Waals surface area contributed by atoms with Crippen molar-refractivity contribution in [2.75, 3.05) is 0 Å². The monoisotopic (exact) mass is 185 g/mol. The van der Waals surface area contributed by atoms with Crippen LogP contribution < -0.4 is 0 Å². The van der Waals surface area contributed by atoms with Gasteiger partial charge in [0.1, 0.15) is 0 Å². The normalized spacial score (nSPS) is 13.2. The fraction of sp³-hybridized carbons (Fsp3) is 0.917. The Morgan fingerprint density at radius 1 is 1.00 bits per heavy atom. The first-order chi connectivity index (χ1) is 6.35. The lowest BCUT2D eigenvalue weighted by atomic mass is 10.1. The lowest BCUT2D eigenvalue weighted by Gasteiger charge is -2.11. The summed E-state index contributed by atoms with van der Waals surface area (Å²) in [6.07, 6.45) is 10.9. The van der Waals surface area contributed by atoms with E-state index in [9.17, 15) is 0 Å². The van der Waals surface area contributed by atoms with Gasteiger partial charge in [0.05, 0.1) is 13.2 Å². The maximum Gasteiger partial charge on any atom is 0.0704 e. The minimum Gasteiger partial charge on any atom is -0.376 e. The van der Waals surface area contributed by atoms with Crippen LogP contribution in [0.1, 0.15) is 65.2 Å². The van der Waals surface area contributed by atoms with Gasteiger partial charge < -0.3 is 4.74 Å². The van der Waals surface area contributed by atoms with Crippen molar-refractivity contribution in [2.24, 2.45) is 0 Å². The zero-order valence-corrected chi connectivity index (χ0v) is 9.35. The zero-order valence-electron chi connectivity index (χ0n) is 9.35. The average Bonchev–Trinajstić information content (AvgIpc) is 2.17. The Labute approximate surface area is 83.9 Å². The van der Waals surface area contributed by atoms with E-state index in [4.69, 9.17) is 4.74 Å². The summed E-state index contributed by atoms with van der Waals surface area (Å²) >= 11 is 0.